The predicted octanol–water partition coefficient (Wildman–Crippen LogP) is 16.5. The maximum absolute atomic E-state index is 6.22. The van der Waals surface area contributed by atoms with Gasteiger partial charge < -0.3 is 9.32 Å². The molecule has 2 heteroatoms. The van der Waals surface area contributed by atoms with E-state index in [1.165, 1.54) is 60.5 Å². The van der Waals surface area contributed by atoms with Crippen LogP contribution in [0.25, 0.3) is 88.3 Å². The van der Waals surface area contributed by atoms with Gasteiger partial charge in [0.25, 0.3) is 0 Å². The van der Waals surface area contributed by atoms with Gasteiger partial charge in [-0.15, -0.1) is 0 Å². The molecule has 0 saturated carbocycles. The van der Waals surface area contributed by atoms with Gasteiger partial charge >= 0.3 is 0 Å². The van der Waals surface area contributed by atoms with Gasteiger partial charge in [-0.25, -0.2) is 0 Å². The zero-order chi connectivity index (χ0) is 39.8. The van der Waals surface area contributed by atoms with Crippen LogP contribution in [0.5, 0.6) is 0 Å². The number of furan rings is 1. The highest BCUT2D eigenvalue weighted by molar-refractivity contribution is 5.94. The van der Waals surface area contributed by atoms with Crippen molar-refractivity contribution in [1.82, 2.24) is 0 Å². The Morgan fingerprint density at radius 3 is 1.45 bits per heavy atom. The monoisotopic (exact) mass is 765 g/mol. The SMILES string of the molecule is c1ccc(-c2ccccc2-c2ccc(N(c3ccc(-c4ccc5ccccc5c4)cc3)c3ccc4cc(-c5cccc(-c6cc7ccccc7o6)c5)ccc4c3)cc2)cc1. The van der Waals surface area contributed by atoms with Crippen LogP contribution in [-0.2, 0) is 0 Å². The van der Waals surface area contributed by atoms with Gasteiger partial charge in [-0.05, 0) is 133 Å². The average molecular weight is 766 g/mol. The van der Waals surface area contributed by atoms with Gasteiger partial charge in [0, 0.05) is 28.0 Å². The van der Waals surface area contributed by atoms with Crippen LogP contribution in [0.1, 0.15) is 0 Å². The molecule has 0 aliphatic carbocycles. The Hall–Kier alpha value is -7.94. The summed E-state index contributed by atoms with van der Waals surface area (Å²) in [6.07, 6.45) is 0. The van der Waals surface area contributed by atoms with Gasteiger partial charge in [0.1, 0.15) is 11.3 Å². The van der Waals surface area contributed by atoms with E-state index in [9.17, 15) is 0 Å². The summed E-state index contributed by atoms with van der Waals surface area (Å²) in [6.45, 7) is 0. The number of rotatable bonds is 8. The lowest BCUT2D eigenvalue weighted by molar-refractivity contribution is 0.631. The first-order valence-electron chi connectivity index (χ1n) is 20.5. The number of nitrogens with zero attached hydrogens (tertiary/aromatic N) is 1. The fourth-order valence-corrected chi connectivity index (χ4v) is 8.54. The summed E-state index contributed by atoms with van der Waals surface area (Å²) in [4.78, 5) is 2.36. The van der Waals surface area contributed by atoms with E-state index in [1.807, 2.05) is 18.2 Å². The highest BCUT2D eigenvalue weighted by atomic mass is 16.3. The van der Waals surface area contributed by atoms with Crippen LogP contribution in [0.2, 0.25) is 0 Å². The second-order valence-corrected chi connectivity index (χ2v) is 15.4. The number of hydrogen-bond donors (Lipinski definition) is 0. The van der Waals surface area contributed by atoms with Crippen LogP contribution >= 0.6 is 0 Å². The fraction of sp³-hybridized carbons (Fsp3) is 0. The van der Waals surface area contributed by atoms with Crippen LogP contribution in [0.15, 0.2) is 241 Å². The zero-order valence-electron chi connectivity index (χ0n) is 32.9. The number of benzene rings is 10. The van der Waals surface area contributed by atoms with Crippen molar-refractivity contribution in [2.75, 3.05) is 4.90 Å². The molecule has 282 valence electrons. The molecule has 11 aromatic rings. The maximum Gasteiger partial charge on any atom is 0.135 e. The molecule has 2 nitrogen and oxygen atoms in total. The van der Waals surface area contributed by atoms with E-state index < -0.39 is 0 Å². The third kappa shape index (κ3) is 6.70. The van der Waals surface area contributed by atoms with Crippen molar-refractivity contribution in [1.29, 1.82) is 0 Å². The normalized spacial score (nSPS) is 11.3. The van der Waals surface area contributed by atoms with Crippen molar-refractivity contribution in [3.63, 3.8) is 0 Å². The van der Waals surface area contributed by atoms with Crippen LogP contribution in [0, 0.1) is 0 Å². The van der Waals surface area contributed by atoms with Crippen LogP contribution in [0.4, 0.5) is 17.1 Å². The Kier molecular flexibility index (Phi) is 8.87. The molecule has 11 rings (SSSR count). The van der Waals surface area contributed by atoms with E-state index in [4.69, 9.17) is 4.42 Å². The van der Waals surface area contributed by atoms with E-state index in [-0.39, 0.29) is 0 Å². The molecular weight excluding hydrogens is 727 g/mol. The number of para-hydroxylation sites is 1. The molecule has 0 aliphatic rings. The molecule has 0 amide bonds. The fourth-order valence-electron chi connectivity index (χ4n) is 8.54. The Morgan fingerprint density at radius 2 is 0.717 bits per heavy atom. The summed E-state index contributed by atoms with van der Waals surface area (Å²) in [6, 6.07) is 85.0. The van der Waals surface area contributed by atoms with Gasteiger partial charge in [-0.3, -0.25) is 0 Å². The Balaban J connectivity index is 0.960. The molecule has 0 atom stereocenters. The zero-order valence-corrected chi connectivity index (χ0v) is 32.9. The molecule has 0 aliphatic heterocycles. The molecule has 10 aromatic carbocycles. The lowest BCUT2D eigenvalue weighted by atomic mass is 9.94. The highest BCUT2D eigenvalue weighted by Crippen LogP contribution is 2.40. The number of hydrogen-bond acceptors (Lipinski definition) is 2. The highest BCUT2D eigenvalue weighted by Gasteiger charge is 2.16. The topological polar surface area (TPSA) is 16.4 Å². The molecule has 0 spiro atoms. The van der Waals surface area contributed by atoms with Crippen LogP contribution < -0.4 is 4.90 Å². The van der Waals surface area contributed by atoms with E-state index in [1.54, 1.807) is 0 Å². The van der Waals surface area contributed by atoms with Gasteiger partial charge in [-0.1, -0.05) is 170 Å². The molecular formula is C58H39NO. The Morgan fingerprint density at radius 1 is 0.250 bits per heavy atom. The molecule has 0 unspecified atom stereocenters. The second kappa shape index (κ2) is 15.1. The third-order valence-electron chi connectivity index (χ3n) is 11.6. The quantitative estimate of drug-likeness (QED) is 0.153. The lowest BCUT2D eigenvalue weighted by Crippen LogP contribution is -2.09. The molecule has 60 heavy (non-hydrogen) atoms. The molecule has 0 fully saturated rings. The van der Waals surface area contributed by atoms with Crippen molar-refractivity contribution in [2.45, 2.75) is 0 Å². The van der Waals surface area contributed by atoms with Crippen molar-refractivity contribution in [2.24, 2.45) is 0 Å². The lowest BCUT2D eigenvalue weighted by Gasteiger charge is -2.26. The van der Waals surface area contributed by atoms with Gasteiger partial charge in [-0.2, -0.15) is 0 Å². The summed E-state index contributed by atoms with van der Waals surface area (Å²) >= 11 is 0. The Labute approximate surface area is 349 Å². The molecule has 1 heterocycles. The van der Waals surface area contributed by atoms with Gasteiger partial charge in [0.05, 0.1) is 0 Å². The van der Waals surface area contributed by atoms with Crippen molar-refractivity contribution in [3.8, 4) is 55.8 Å². The number of anilines is 3. The van der Waals surface area contributed by atoms with Crippen molar-refractivity contribution >= 4 is 49.6 Å². The number of fused-ring (bicyclic) bond motifs is 3. The largest absolute Gasteiger partial charge is 0.456 e. The summed E-state index contributed by atoms with van der Waals surface area (Å²) in [5, 5.41) is 5.96. The molecule has 1 aromatic heterocycles. The Bertz CT molecular complexity index is 3270. The van der Waals surface area contributed by atoms with Crippen LogP contribution in [0.3, 0.4) is 0 Å². The summed E-state index contributed by atoms with van der Waals surface area (Å²) in [5.41, 5.74) is 14.8. The summed E-state index contributed by atoms with van der Waals surface area (Å²) < 4.78 is 6.22. The van der Waals surface area contributed by atoms with Gasteiger partial charge in [0.15, 0.2) is 0 Å². The first kappa shape index (κ1) is 35.2. The first-order valence-corrected chi connectivity index (χ1v) is 20.5. The van der Waals surface area contributed by atoms with Crippen molar-refractivity contribution < 1.29 is 4.42 Å². The molecule has 0 saturated heterocycles. The summed E-state index contributed by atoms with van der Waals surface area (Å²) in [7, 11) is 0. The van der Waals surface area contributed by atoms with Gasteiger partial charge in [0.2, 0.25) is 0 Å². The maximum atomic E-state index is 6.22. The predicted molar refractivity (Wildman–Crippen MR) is 253 cm³/mol. The average Bonchev–Trinajstić information content (AvgIpc) is 3.77. The minimum atomic E-state index is 0.877. The molecule has 0 radical (unpaired) electrons. The first-order chi connectivity index (χ1) is 29.7. The van der Waals surface area contributed by atoms with E-state index in [2.05, 4.69) is 223 Å². The third-order valence-corrected chi connectivity index (χ3v) is 11.6. The van der Waals surface area contributed by atoms with E-state index in [0.717, 1.165) is 44.9 Å². The minimum absolute atomic E-state index is 0.877. The molecule has 0 bridgehead atoms. The van der Waals surface area contributed by atoms with Crippen molar-refractivity contribution in [3.05, 3.63) is 237 Å². The minimum Gasteiger partial charge on any atom is -0.456 e. The summed E-state index contributed by atoms with van der Waals surface area (Å²) in [5.74, 6) is 0.877. The van der Waals surface area contributed by atoms with Crippen LogP contribution in [-0.4, -0.2) is 0 Å². The smallest absolute Gasteiger partial charge is 0.135 e. The van der Waals surface area contributed by atoms with E-state index >= 15 is 0 Å². The second-order valence-electron chi connectivity index (χ2n) is 15.4. The molecule has 0 N–H and O–H groups in total. The standard InChI is InChI=1S/C58H39NO/c1-2-12-42(13-3-1)55-18-7-8-19-56(55)43-27-32-53(33-28-43)59(52-30-25-41(26-31-52)46-22-21-40-11-4-5-14-44(40)35-46)54-34-29-48-36-47(23-24-49(48)38-54)45-16-10-17-50(37-45)58-39-51-15-6-9-20-57(51)60-58/h1-39H. The van der Waals surface area contributed by atoms with E-state index in [0.29, 0.717) is 0 Å².